The number of nitro groups is 1. The van der Waals surface area contributed by atoms with Crippen molar-refractivity contribution in [2.45, 2.75) is 27.7 Å². The molecule has 0 aromatic heterocycles. The van der Waals surface area contributed by atoms with Gasteiger partial charge in [-0.2, -0.15) is 5.10 Å². The lowest BCUT2D eigenvalue weighted by Gasteiger charge is -2.29. The van der Waals surface area contributed by atoms with Crippen LogP contribution in [0.5, 0.6) is 0 Å². The van der Waals surface area contributed by atoms with Crippen LogP contribution < -0.4 is 10.3 Å². The van der Waals surface area contributed by atoms with E-state index in [9.17, 15) is 14.9 Å². The first-order valence-corrected chi connectivity index (χ1v) is 10.6. The second kappa shape index (κ2) is 10.9. The van der Waals surface area contributed by atoms with E-state index in [1.165, 1.54) is 18.3 Å². The molecule has 0 radical (unpaired) electrons. The molecule has 2 aromatic carbocycles. The third kappa shape index (κ3) is 6.95. The molecule has 0 fully saturated rings. The van der Waals surface area contributed by atoms with Crippen LogP contribution in [0.25, 0.3) is 0 Å². The van der Waals surface area contributed by atoms with Crippen molar-refractivity contribution in [3.63, 3.8) is 0 Å². The summed E-state index contributed by atoms with van der Waals surface area (Å²) in [4.78, 5) is 25.3. The maximum atomic E-state index is 12.3. The molecular formula is C22H27BrN4O3. The number of anilines is 1. The number of halogens is 1. The van der Waals surface area contributed by atoms with Gasteiger partial charge in [0.05, 0.1) is 11.1 Å². The van der Waals surface area contributed by atoms with Crippen molar-refractivity contribution >= 4 is 39.4 Å². The Hall–Kier alpha value is -2.74. The van der Waals surface area contributed by atoms with Gasteiger partial charge in [-0.05, 0) is 36.1 Å². The summed E-state index contributed by atoms with van der Waals surface area (Å²) in [5.74, 6) is 0.473. The summed E-state index contributed by atoms with van der Waals surface area (Å²) >= 11 is 3.33. The summed E-state index contributed by atoms with van der Waals surface area (Å²) < 4.78 is 0.790. The lowest BCUT2D eigenvalue weighted by Crippen LogP contribution is -2.32. The Morgan fingerprint density at radius 1 is 1.17 bits per heavy atom. The van der Waals surface area contributed by atoms with Gasteiger partial charge in [0.1, 0.15) is 0 Å². The van der Waals surface area contributed by atoms with Crippen LogP contribution >= 0.6 is 15.9 Å². The maximum Gasteiger partial charge on any atom is 0.271 e. The molecule has 0 aliphatic heterocycles. The highest BCUT2D eigenvalue weighted by Crippen LogP contribution is 2.26. The minimum Gasteiger partial charge on any atom is -0.370 e. The summed E-state index contributed by atoms with van der Waals surface area (Å²) in [6.45, 7) is 10.1. The molecule has 0 aliphatic carbocycles. The molecule has 0 saturated heterocycles. The Balaban J connectivity index is 2.32. The molecule has 30 heavy (non-hydrogen) atoms. The monoisotopic (exact) mass is 474 g/mol. The van der Waals surface area contributed by atoms with Gasteiger partial charge in [0, 0.05) is 46.5 Å². The number of carbonyl (C=O) groups is 1. The van der Waals surface area contributed by atoms with E-state index in [4.69, 9.17) is 0 Å². The smallest absolute Gasteiger partial charge is 0.271 e. The quantitative estimate of drug-likeness (QED) is 0.305. The van der Waals surface area contributed by atoms with Gasteiger partial charge in [0.15, 0.2) is 0 Å². The first-order chi connectivity index (χ1) is 14.2. The Labute approximate surface area is 185 Å². The summed E-state index contributed by atoms with van der Waals surface area (Å²) in [5, 5.41) is 15.3. The van der Waals surface area contributed by atoms with E-state index < -0.39 is 4.92 Å². The highest BCUT2D eigenvalue weighted by Gasteiger charge is 2.17. The number of hydrazone groups is 1. The van der Waals surface area contributed by atoms with Crippen molar-refractivity contribution in [3.8, 4) is 0 Å². The summed E-state index contributed by atoms with van der Waals surface area (Å²) in [6, 6.07) is 11.7. The molecule has 0 unspecified atom stereocenters. The number of hydrogen-bond donors (Lipinski definition) is 1. The number of amides is 1. The van der Waals surface area contributed by atoms with Crippen LogP contribution in [-0.2, 0) is 0 Å². The van der Waals surface area contributed by atoms with E-state index in [1.807, 2.05) is 6.07 Å². The molecular weight excluding hydrogens is 448 g/mol. The molecule has 2 rings (SSSR count). The third-order valence-electron chi connectivity index (χ3n) is 4.19. The zero-order chi connectivity index (χ0) is 22.3. The van der Waals surface area contributed by atoms with Crippen molar-refractivity contribution < 1.29 is 9.72 Å². The third-order valence-corrected chi connectivity index (χ3v) is 4.68. The Morgan fingerprint density at radius 2 is 1.83 bits per heavy atom. The van der Waals surface area contributed by atoms with Crippen molar-refractivity contribution in [2.24, 2.45) is 16.9 Å². The Bertz CT molecular complexity index is 918. The van der Waals surface area contributed by atoms with Gasteiger partial charge in [0.2, 0.25) is 0 Å². The Kier molecular flexibility index (Phi) is 8.53. The number of non-ortho nitro benzene ring substituents is 1. The largest absolute Gasteiger partial charge is 0.370 e. The normalized spacial score (nSPS) is 11.3. The van der Waals surface area contributed by atoms with Crippen molar-refractivity contribution in [2.75, 3.05) is 18.0 Å². The van der Waals surface area contributed by atoms with Gasteiger partial charge < -0.3 is 4.90 Å². The summed E-state index contributed by atoms with van der Waals surface area (Å²) in [6.07, 6.45) is 1.46. The van der Waals surface area contributed by atoms with E-state index in [-0.39, 0.29) is 11.6 Å². The van der Waals surface area contributed by atoms with Crippen LogP contribution in [-0.4, -0.2) is 30.1 Å². The Morgan fingerprint density at radius 3 is 2.40 bits per heavy atom. The fourth-order valence-corrected chi connectivity index (χ4v) is 3.45. The van der Waals surface area contributed by atoms with Crippen LogP contribution in [0.2, 0.25) is 0 Å². The fraction of sp³-hybridized carbons (Fsp3) is 0.364. The van der Waals surface area contributed by atoms with Gasteiger partial charge in [-0.3, -0.25) is 14.9 Å². The van der Waals surface area contributed by atoms with E-state index in [1.54, 1.807) is 24.3 Å². The van der Waals surface area contributed by atoms with Gasteiger partial charge in [-0.15, -0.1) is 0 Å². The van der Waals surface area contributed by atoms with Gasteiger partial charge in [-0.25, -0.2) is 5.43 Å². The van der Waals surface area contributed by atoms with E-state index in [0.29, 0.717) is 23.0 Å². The van der Waals surface area contributed by atoms with E-state index in [2.05, 4.69) is 59.1 Å². The summed E-state index contributed by atoms with van der Waals surface area (Å²) in [5.41, 5.74) is 4.37. The van der Waals surface area contributed by atoms with E-state index in [0.717, 1.165) is 23.2 Å². The first kappa shape index (κ1) is 23.5. The predicted octanol–water partition coefficient (Wildman–Crippen LogP) is 5.24. The summed E-state index contributed by atoms with van der Waals surface area (Å²) in [7, 11) is 0. The van der Waals surface area contributed by atoms with Gasteiger partial charge >= 0.3 is 0 Å². The minimum absolute atomic E-state index is 0.0208. The zero-order valence-corrected chi connectivity index (χ0v) is 19.2. The lowest BCUT2D eigenvalue weighted by molar-refractivity contribution is -0.384. The molecule has 0 spiro atoms. The molecule has 8 heteroatoms. The number of nitrogens with zero attached hydrogens (tertiary/aromatic N) is 3. The topological polar surface area (TPSA) is 87.8 Å². The number of hydrogen-bond acceptors (Lipinski definition) is 5. The minimum atomic E-state index is -0.434. The second-order valence-electron chi connectivity index (χ2n) is 7.90. The molecule has 0 aliphatic rings. The SMILES string of the molecule is CC(C)CN(CC(C)C)c1ccc([N+](=O)[O-])cc1C=NNC(=O)c1cccc(Br)c1. The standard InChI is InChI=1S/C22H27BrN4O3/c1-15(2)13-26(14-16(3)4)21-9-8-20(27(29)30)11-18(21)12-24-25-22(28)17-6-5-7-19(23)10-17/h5-12,15-16H,13-14H2,1-4H3,(H,25,28). The van der Waals surface area contributed by atoms with Crippen LogP contribution in [0.4, 0.5) is 11.4 Å². The molecule has 0 bridgehead atoms. The number of nitro benzene ring substituents is 1. The predicted molar refractivity (Wildman–Crippen MR) is 124 cm³/mol. The van der Waals surface area contributed by atoms with Gasteiger partial charge in [0.25, 0.3) is 11.6 Å². The molecule has 1 amide bonds. The highest BCUT2D eigenvalue weighted by molar-refractivity contribution is 9.10. The van der Waals surface area contributed by atoms with Gasteiger partial charge in [-0.1, -0.05) is 49.7 Å². The zero-order valence-electron chi connectivity index (χ0n) is 17.6. The molecule has 0 atom stereocenters. The molecule has 7 nitrogen and oxygen atoms in total. The highest BCUT2D eigenvalue weighted by atomic mass is 79.9. The van der Waals surface area contributed by atoms with Crippen LogP contribution in [0, 0.1) is 22.0 Å². The van der Waals surface area contributed by atoms with Crippen molar-refractivity contribution in [1.29, 1.82) is 0 Å². The first-order valence-electron chi connectivity index (χ1n) is 9.79. The average molecular weight is 475 g/mol. The van der Waals surface area contributed by atoms with Crippen molar-refractivity contribution in [1.82, 2.24) is 5.43 Å². The molecule has 2 aromatic rings. The van der Waals surface area contributed by atoms with E-state index >= 15 is 0 Å². The lowest BCUT2D eigenvalue weighted by atomic mass is 10.1. The molecule has 160 valence electrons. The second-order valence-corrected chi connectivity index (χ2v) is 8.82. The molecule has 0 heterocycles. The number of nitrogens with one attached hydrogen (secondary N) is 1. The van der Waals surface area contributed by atoms with Crippen LogP contribution in [0.1, 0.15) is 43.6 Å². The number of carbonyl (C=O) groups excluding carboxylic acids is 1. The molecule has 0 saturated carbocycles. The fourth-order valence-electron chi connectivity index (χ4n) is 3.05. The maximum absolute atomic E-state index is 12.3. The van der Waals surface area contributed by atoms with Crippen LogP contribution in [0.3, 0.4) is 0 Å². The number of benzene rings is 2. The van der Waals surface area contributed by atoms with Crippen LogP contribution in [0.15, 0.2) is 52.0 Å². The molecule has 1 N–H and O–H groups in total. The van der Waals surface area contributed by atoms with Crippen molar-refractivity contribution in [3.05, 3.63) is 68.2 Å². The average Bonchev–Trinajstić information content (AvgIpc) is 2.66. The number of rotatable bonds is 9.